The predicted molar refractivity (Wildman–Crippen MR) is 132 cm³/mol. The zero-order valence-corrected chi connectivity index (χ0v) is 20.1. The Hall–Kier alpha value is -5.13. The number of ether oxygens (including phenoxy) is 3. The molecule has 0 spiro atoms. The maximum absolute atomic E-state index is 13.4. The maximum Gasteiger partial charge on any atom is 0.573 e. The molecular formula is C27H19F4N3O5. The molecule has 0 saturated heterocycles. The molecule has 0 aliphatic heterocycles. The molecule has 0 radical (unpaired) electrons. The summed E-state index contributed by atoms with van der Waals surface area (Å²) in [6.45, 7) is 0. The number of aromatic nitrogens is 1. The SMILES string of the molecule is COc1cc(OC(F)(F)F)ccc1Oc1cc(-c2ccc(F)cc2)ccc1C(=O)Nc1ccnc(C(N)=O)c1. The highest BCUT2D eigenvalue weighted by Crippen LogP contribution is 2.39. The lowest BCUT2D eigenvalue weighted by molar-refractivity contribution is -0.274. The van der Waals surface area contributed by atoms with Crippen LogP contribution in [0.1, 0.15) is 20.8 Å². The van der Waals surface area contributed by atoms with E-state index in [1.54, 1.807) is 6.07 Å². The highest BCUT2D eigenvalue weighted by Gasteiger charge is 2.31. The fourth-order valence-corrected chi connectivity index (χ4v) is 3.51. The number of carbonyl (C=O) groups is 2. The molecule has 0 saturated carbocycles. The van der Waals surface area contributed by atoms with Gasteiger partial charge in [-0.2, -0.15) is 0 Å². The minimum atomic E-state index is -4.91. The summed E-state index contributed by atoms with van der Waals surface area (Å²) in [6.07, 6.45) is -3.62. The van der Waals surface area contributed by atoms with Gasteiger partial charge in [0.1, 0.15) is 23.0 Å². The Balaban J connectivity index is 1.73. The standard InChI is InChI=1S/C27H19F4N3O5/c1-37-24-14-19(39-27(29,30)31)7-9-22(24)38-23-12-16(15-2-5-17(28)6-3-15)4-8-20(23)26(36)34-18-10-11-33-21(13-18)25(32)35/h2-14H,1H3,(H2,32,35)(H,33,34,36). The van der Waals surface area contributed by atoms with Gasteiger partial charge in [-0.3, -0.25) is 14.6 Å². The lowest BCUT2D eigenvalue weighted by Gasteiger charge is -2.16. The van der Waals surface area contributed by atoms with Gasteiger partial charge >= 0.3 is 6.36 Å². The molecule has 0 atom stereocenters. The zero-order chi connectivity index (χ0) is 28.2. The third-order valence-corrected chi connectivity index (χ3v) is 5.26. The number of benzene rings is 3. The number of nitrogens with two attached hydrogens (primary N) is 1. The highest BCUT2D eigenvalue weighted by atomic mass is 19.4. The van der Waals surface area contributed by atoms with Gasteiger partial charge in [-0.25, -0.2) is 4.39 Å². The van der Waals surface area contributed by atoms with Crippen LogP contribution in [0.2, 0.25) is 0 Å². The van der Waals surface area contributed by atoms with Crippen molar-refractivity contribution in [1.82, 2.24) is 4.98 Å². The Morgan fingerprint density at radius 3 is 2.26 bits per heavy atom. The van der Waals surface area contributed by atoms with Crippen LogP contribution in [0, 0.1) is 5.82 Å². The predicted octanol–water partition coefficient (Wildman–Crippen LogP) is 5.94. The van der Waals surface area contributed by atoms with Crippen LogP contribution in [-0.4, -0.2) is 30.3 Å². The van der Waals surface area contributed by atoms with E-state index in [2.05, 4.69) is 15.0 Å². The number of amides is 2. The number of methoxy groups -OCH3 is 1. The number of hydrogen-bond acceptors (Lipinski definition) is 6. The second-order valence-corrected chi connectivity index (χ2v) is 7.93. The van der Waals surface area contributed by atoms with Crippen LogP contribution >= 0.6 is 0 Å². The molecule has 8 nitrogen and oxygen atoms in total. The third kappa shape index (κ3) is 6.80. The van der Waals surface area contributed by atoms with Crippen molar-refractivity contribution in [2.75, 3.05) is 12.4 Å². The van der Waals surface area contributed by atoms with E-state index in [4.69, 9.17) is 15.2 Å². The number of primary amides is 1. The van der Waals surface area contributed by atoms with Crippen molar-refractivity contribution in [3.63, 3.8) is 0 Å². The smallest absolute Gasteiger partial charge is 0.493 e. The maximum atomic E-state index is 13.4. The number of alkyl halides is 3. The van der Waals surface area contributed by atoms with Crippen molar-refractivity contribution >= 4 is 17.5 Å². The van der Waals surface area contributed by atoms with E-state index in [0.717, 1.165) is 12.1 Å². The molecule has 12 heteroatoms. The molecule has 1 aromatic heterocycles. The average Bonchev–Trinajstić information content (AvgIpc) is 2.89. The number of nitrogens with zero attached hydrogens (tertiary/aromatic N) is 1. The van der Waals surface area contributed by atoms with Crippen molar-refractivity contribution in [1.29, 1.82) is 0 Å². The lowest BCUT2D eigenvalue weighted by Crippen LogP contribution is -2.17. The fourth-order valence-electron chi connectivity index (χ4n) is 3.51. The second kappa shape index (κ2) is 11.1. The van der Waals surface area contributed by atoms with Crippen molar-refractivity contribution in [3.05, 3.63) is 96.1 Å². The minimum Gasteiger partial charge on any atom is -0.493 e. The summed E-state index contributed by atoms with van der Waals surface area (Å²) in [5, 5.41) is 2.62. The molecule has 0 aliphatic carbocycles. The molecule has 39 heavy (non-hydrogen) atoms. The van der Waals surface area contributed by atoms with Crippen molar-refractivity contribution < 1.29 is 41.4 Å². The van der Waals surface area contributed by atoms with Gasteiger partial charge in [0.25, 0.3) is 11.8 Å². The van der Waals surface area contributed by atoms with E-state index in [-0.39, 0.29) is 34.2 Å². The topological polar surface area (TPSA) is 113 Å². The normalized spacial score (nSPS) is 11.0. The zero-order valence-electron chi connectivity index (χ0n) is 20.1. The Morgan fingerprint density at radius 1 is 0.872 bits per heavy atom. The summed E-state index contributed by atoms with van der Waals surface area (Å²) in [6, 6.07) is 16.1. The number of carbonyl (C=O) groups excluding carboxylic acids is 2. The fraction of sp³-hybridized carbons (Fsp3) is 0.0741. The van der Waals surface area contributed by atoms with Crippen LogP contribution < -0.4 is 25.3 Å². The number of nitrogens with one attached hydrogen (secondary N) is 1. The molecule has 0 fully saturated rings. The number of anilines is 1. The summed E-state index contributed by atoms with van der Waals surface area (Å²) in [5.74, 6) is -2.52. The third-order valence-electron chi connectivity index (χ3n) is 5.26. The molecule has 0 aliphatic rings. The Kier molecular flexibility index (Phi) is 7.65. The van der Waals surface area contributed by atoms with Crippen molar-refractivity contribution in [2.24, 2.45) is 5.73 Å². The van der Waals surface area contributed by atoms with Gasteiger partial charge in [0.2, 0.25) is 0 Å². The molecular weight excluding hydrogens is 522 g/mol. The quantitative estimate of drug-likeness (QED) is 0.267. The lowest BCUT2D eigenvalue weighted by atomic mass is 10.0. The minimum absolute atomic E-state index is 0.00120. The summed E-state index contributed by atoms with van der Waals surface area (Å²) in [7, 11) is 1.22. The van der Waals surface area contributed by atoms with Crippen LogP contribution in [0.5, 0.6) is 23.0 Å². The Labute approximate surface area is 218 Å². The van der Waals surface area contributed by atoms with E-state index in [0.29, 0.717) is 11.1 Å². The first-order valence-corrected chi connectivity index (χ1v) is 11.1. The monoisotopic (exact) mass is 541 g/mol. The van der Waals surface area contributed by atoms with Crippen molar-refractivity contribution in [2.45, 2.75) is 6.36 Å². The molecule has 200 valence electrons. The van der Waals surface area contributed by atoms with Crippen LogP contribution in [-0.2, 0) is 0 Å². The number of rotatable bonds is 8. The van der Waals surface area contributed by atoms with E-state index < -0.39 is 29.7 Å². The van der Waals surface area contributed by atoms with Gasteiger partial charge in [0.15, 0.2) is 11.5 Å². The first kappa shape index (κ1) is 26.9. The van der Waals surface area contributed by atoms with Crippen LogP contribution in [0.15, 0.2) is 79.0 Å². The van der Waals surface area contributed by atoms with E-state index in [9.17, 15) is 27.2 Å². The summed E-state index contributed by atoms with van der Waals surface area (Å²) in [5.41, 5.74) is 6.59. The van der Waals surface area contributed by atoms with Gasteiger partial charge in [0, 0.05) is 18.0 Å². The van der Waals surface area contributed by atoms with E-state index in [1.807, 2.05) is 0 Å². The summed E-state index contributed by atoms with van der Waals surface area (Å²) in [4.78, 5) is 28.5. The van der Waals surface area contributed by atoms with Gasteiger partial charge in [-0.15, -0.1) is 13.2 Å². The number of hydrogen-bond donors (Lipinski definition) is 2. The second-order valence-electron chi connectivity index (χ2n) is 7.93. The largest absolute Gasteiger partial charge is 0.573 e. The molecule has 4 rings (SSSR count). The Morgan fingerprint density at radius 2 is 1.59 bits per heavy atom. The van der Waals surface area contributed by atoms with Gasteiger partial charge in [-0.1, -0.05) is 18.2 Å². The van der Waals surface area contributed by atoms with Gasteiger partial charge < -0.3 is 25.3 Å². The molecule has 2 amide bonds. The molecule has 4 aromatic rings. The van der Waals surface area contributed by atoms with Crippen LogP contribution in [0.25, 0.3) is 11.1 Å². The molecule has 0 bridgehead atoms. The number of halogens is 4. The molecule has 1 heterocycles. The number of pyridine rings is 1. The Bertz CT molecular complexity index is 1530. The molecule has 0 unspecified atom stereocenters. The summed E-state index contributed by atoms with van der Waals surface area (Å²) >= 11 is 0. The first-order valence-electron chi connectivity index (χ1n) is 11.1. The average molecular weight is 541 g/mol. The molecule has 3 N–H and O–H groups in total. The van der Waals surface area contributed by atoms with Gasteiger partial charge in [0.05, 0.1) is 12.7 Å². The van der Waals surface area contributed by atoms with Crippen LogP contribution in [0.3, 0.4) is 0 Å². The van der Waals surface area contributed by atoms with Crippen molar-refractivity contribution in [3.8, 4) is 34.1 Å². The molecule has 3 aromatic carbocycles. The van der Waals surface area contributed by atoms with Crippen LogP contribution in [0.4, 0.5) is 23.2 Å². The van der Waals surface area contributed by atoms with E-state index in [1.165, 1.54) is 67.9 Å². The first-order chi connectivity index (χ1) is 18.5. The summed E-state index contributed by atoms with van der Waals surface area (Å²) < 4.78 is 66.4. The van der Waals surface area contributed by atoms with Gasteiger partial charge in [-0.05, 0) is 59.7 Å². The highest BCUT2D eigenvalue weighted by molar-refractivity contribution is 6.07. The van der Waals surface area contributed by atoms with E-state index >= 15 is 0 Å².